The Morgan fingerprint density at radius 2 is 1.82 bits per heavy atom. The van der Waals surface area contributed by atoms with E-state index in [9.17, 15) is 24.0 Å². The van der Waals surface area contributed by atoms with E-state index in [1.165, 1.54) is 18.2 Å². The molecule has 1 aromatic carbocycles. The number of carbonyl (C=O) groups excluding carboxylic acids is 5. The van der Waals surface area contributed by atoms with Gasteiger partial charge in [-0.3, -0.25) is 24.0 Å². The van der Waals surface area contributed by atoms with Crippen molar-refractivity contribution in [2.24, 2.45) is 5.41 Å². The Kier molecular flexibility index (Phi) is 11.7. The lowest BCUT2D eigenvalue weighted by Crippen LogP contribution is -2.54. The van der Waals surface area contributed by atoms with E-state index in [4.69, 9.17) is 16.9 Å². The number of halogens is 1. The number of hydrogen-bond donors (Lipinski definition) is 4. The van der Waals surface area contributed by atoms with Crippen molar-refractivity contribution < 1.29 is 24.0 Å². The number of hydrogen-bond acceptors (Lipinski definition) is 6. The number of ketones is 1. The van der Waals surface area contributed by atoms with Gasteiger partial charge in [0.25, 0.3) is 5.91 Å². The van der Waals surface area contributed by atoms with Crippen LogP contribution in [0.2, 0.25) is 5.02 Å². The zero-order valence-corrected chi connectivity index (χ0v) is 23.5. The predicted molar refractivity (Wildman–Crippen MR) is 147 cm³/mol. The molecule has 0 radical (unpaired) electrons. The van der Waals surface area contributed by atoms with Crippen molar-refractivity contribution in [1.82, 2.24) is 21.3 Å². The number of carbonyl (C=O) groups is 5. The second-order valence-corrected chi connectivity index (χ2v) is 11.1. The average Bonchev–Trinajstić information content (AvgIpc) is 3.68. The van der Waals surface area contributed by atoms with Gasteiger partial charge in [0.2, 0.25) is 23.5 Å². The second kappa shape index (κ2) is 14.4. The fourth-order valence-electron chi connectivity index (χ4n) is 3.68. The van der Waals surface area contributed by atoms with E-state index in [2.05, 4.69) is 21.3 Å². The largest absolute Gasteiger partial charge is 0.356 e. The molecule has 2 rings (SSSR count). The molecule has 1 aliphatic carbocycles. The molecule has 210 valence electrons. The summed E-state index contributed by atoms with van der Waals surface area (Å²) in [5, 5.41) is 19.8. The zero-order valence-electron chi connectivity index (χ0n) is 22.7. The normalized spacial score (nSPS) is 14.6. The highest BCUT2D eigenvalue weighted by Crippen LogP contribution is 2.22. The van der Waals surface area contributed by atoms with Gasteiger partial charge in [0.1, 0.15) is 6.04 Å². The van der Waals surface area contributed by atoms with Crippen molar-refractivity contribution in [3.8, 4) is 6.07 Å². The topological polar surface area (TPSA) is 157 Å². The van der Waals surface area contributed by atoms with Gasteiger partial charge >= 0.3 is 0 Å². The molecule has 4 amide bonds. The van der Waals surface area contributed by atoms with Crippen molar-refractivity contribution in [1.29, 1.82) is 5.26 Å². The standard InChI is InChI=1S/C28H36ClN5O5/c1-5-31-23(35)13-11-21(25(37)27(39)32-19-9-10-19)34-26(38)22(15-28(2,3)4)33-24(36)12-8-18-7-6-17(16-30)14-20(18)29/h6-8,12,14,19,21-22H,5,9-11,13,15H2,1-4H3,(H,31,35)(H,32,39)(H,33,36)(H,34,38)/b12-8+. The molecule has 0 heterocycles. The number of nitriles is 1. The molecule has 0 saturated heterocycles. The minimum absolute atomic E-state index is 0.0504. The van der Waals surface area contributed by atoms with Crippen molar-refractivity contribution in [3.05, 3.63) is 40.4 Å². The Labute approximate surface area is 233 Å². The van der Waals surface area contributed by atoms with Crippen LogP contribution < -0.4 is 21.3 Å². The molecule has 1 aromatic rings. The van der Waals surface area contributed by atoms with Gasteiger partial charge in [0, 0.05) is 30.1 Å². The van der Waals surface area contributed by atoms with E-state index >= 15 is 0 Å². The lowest BCUT2D eigenvalue weighted by Gasteiger charge is -2.27. The Hall–Kier alpha value is -3.71. The molecular weight excluding hydrogens is 522 g/mol. The smallest absolute Gasteiger partial charge is 0.289 e. The van der Waals surface area contributed by atoms with Gasteiger partial charge in [-0.15, -0.1) is 0 Å². The maximum atomic E-state index is 13.3. The van der Waals surface area contributed by atoms with E-state index in [0.717, 1.165) is 12.8 Å². The fraction of sp³-hybridized carbons (Fsp3) is 0.500. The van der Waals surface area contributed by atoms with E-state index < -0.39 is 35.6 Å². The molecule has 0 aromatic heterocycles. The SMILES string of the molecule is CCNC(=O)CCC(NC(=O)C(CC(C)(C)C)NC(=O)/C=C/c1ccc(C#N)cc1Cl)C(=O)C(=O)NC1CC1. The maximum absolute atomic E-state index is 13.3. The summed E-state index contributed by atoms with van der Waals surface area (Å²) in [7, 11) is 0. The molecule has 2 unspecified atom stereocenters. The third kappa shape index (κ3) is 11.3. The summed E-state index contributed by atoms with van der Waals surface area (Å²) in [4.78, 5) is 63.4. The molecule has 0 bridgehead atoms. The van der Waals surface area contributed by atoms with Gasteiger partial charge in [-0.25, -0.2) is 0 Å². The van der Waals surface area contributed by atoms with Gasteiger partial charge in [0.15, 0.2) is 0 Å². The summed E-state index contributed by atoms with van der Waals surface area (Å²) in [6.45, 7) is 7.85. The first kappa shape index (κ1) is 31.5. The molecule has 4 N–H and O–H groups in total. The molecule has 0 aliphatic heterocycles. The average molecular weight is 558 g/mol. The summed E-state index contributed by atoms with van der Waals surface area (Å²) in [6, 6.07) is 4.32. The molecular formula is C28H36ClN5O5. The van der Waals surface area contributed by atoms with Crippen molar-refractivity contribution >= 4 is 47.1 Å². The first-order valence-corrected chi connectivity index (χ1v) is 13.3. The Morgan fingerprint density at radius 1 is 1.13 bits per heavy atom. The van der Waals surface area contributed by atoms with Crippen molar-refractivity contribution in [2.75, 3.05) is 6.54 Å². The first-order chi connectivity index (χ1) is 18.3. The number of Topliss-reactive ketones (excluding diaryl/α,β-unsaturated/α-hetero) is 1. The summed E-state index contributed by atoms with van der Waals surface area (Å²) in [5.41, 5.74) is 0.519. The van der Waals surface area contributed by atoms with Crippen molar-refractivity contribution in [3.63, 3.8) is 0 Å². The van der Waals surface area contributed by atoms with E-state index in [0.29, 0.717) is 22.7 Å². The molecule has 1 fully saturated rings. The summed E-state index contributed by atoms with van der Waals surface area (Å²) < 4.78 is 0. The summed E-state index contributed by atoms with van der Waals surface area (Å²) in [6.07, 6.45) is 4.36. The van der Waals surface area contributed by atoms with Gasteiger partial charge in [-0.2, -0.15) is 5.26 Å². The van der Waals surface area contributed by atoms with Gasteiger partial charge in [-0.1, -0.05) is 38.4 Å². The van der Waals surface area contributed by atoms with Crippen LogP contribution in [0, 0.1) is 16.7 Å². The summed E-state index contributed by atoms with van der Waals surface area (Å²) in [5.74, 6) is -3.17. The predicted octanol–water partition coefficient (Wildman–Crippen LogP) is 2.39. The zero-order chi connectivity index (χ0) is 29.2. The van der Waals surface area contributed by atoms with E-state index in [1.807, 2.05) is 26.8 Å². The maximum Gasteiger partial charge on any atom is 0.289 e. The van der Waals surface area contributed by atoms with Crippen LogP contribution in [-0.2, 0) is 24.0 Å². The number of nitrogens with one attached hydrogen (secondary N) is 4. The van der Waals surface area contributed by atoms with Crippen LogP contribution in [0.5, 0.6) is 0 Å². The minimum atomic E-state index is -1.23. The molecule has 1 saturated carbocycles. The van der Waals surface area contributed by atoms with Crippen LogP contribution in [-0.4, -0.2) is 54.1 Å². The van der Waals surface area contributed by atoms with E-state index in [-0.39, 0.29) is 36.6 Å². The van der Waals surface area contributed by atoms with Gasteiger partial charge in [-0.05, 0) is 61.8 Å². The summed E-state index contributed by atoms with van der Waals surface area (Å²) >= 11 is 6.16. The Balaban J connectivity index is 2.17. The molecule has 11 heteroatoms. The number of amides is 4. The highest BCUT2D eigenvalue weighted by Gasteiger charge is 2.34. The van der Waals surface area contributed by atoms with Crippen LogP contribution >= 0.6 is 11.6 Å². The molecule has 1 aliphatic rings. The first-order valence-electron chi connectivity index (χ1n) is 12.9. The molecule has 10 nitrogen and oxygen atoms in total. The van der Waals surface area contributed by atoms with Crippen LogP contribution in [0.1, 0.15) is 70.9 Å². The fourth-order valence-corrected chi connectivity index (χ4v) is 3.93. The molecule has 39 heavy (non-hydrogen) atoms. The van der Waals surface area contributed by atoms with Crippen LogP contribution in [0.15, 0.2) is 24.3 Å². The lowest BCUT2D eigenvalue weighted by atomic mass is 9.87. The second-order valence-electron chi connectivity index (χ2n) is 10.7. The van der Waals surface area contributed by atoms with Crippen LogP contribution in [0.3, 0.4) is 0 Å². The van der Waals surface area contributed by atoms with Crippen LogP contribution in [0.4, 0.5) is 0 Å². The lowest BCUT2D eigenvalue weighted by molar-refractivity contribution is -0.141. The minimum Gasteiger partial charge on any atom is -0.356 e. The van der Waals surface area contributed by atoms with Gasteiger partial charge in [0.05, 0.1) is 17.7 Å². The molecule has 0 spiro atoms. The quantitative estimate of drug-likeness (QED) is 0.215. The van der Waals surface area contributed by atoms with E-state index in [1.54, 1.807) is 19.1 Å². The number of rotatable bonds is 13. The third-order valence-electron chi connectivity index (χ3n) is 5.80. The number of benzene rings is 1. The van der Waals surface area contributed by atoms with Crippen LogP contribution in [0.25, 0.3) is 6.08 Å². The number of nitrogens with zero attached hydrogens (tertiary/aromatic N) is 1. The molecule has 2 atom stereocenters. The van der Waals surface area contributed by atoms with Gasteiger partial charge < -0.3 is 21.3 Å². The Bertz CT molecular complexity index is 1160. The highest BCUT2D eigenvalue weighted by atomic mass is 35.5. The van der Waals surface area contributed by atoms with Crippen molar-refractivity contribution in [2.45, 2.75) is 77.9 Å². The monoisotopic (exact) mass is 557 g/mol. The third-order valence-corrected chi connectivity index (χ3v) is 6.12. The highest BCUT2D eigenvalue weighted by molar-refractivity contribution is 6.38. The Morgan fingerprint density at radius 3 is 2.38 bits per heavy atom.